The monoisotopic (exact) mass is 340 g/mol. The normalized spacial score (nSPS) is 17.9. The van der Waals surface area contributed by atoms with Gasteiger partial charge in [0.2, 0.25) is 0 Å². The molecule has 0 saturated carbocycles. The first-order valence-electron chi connectivity index (χ1n) is 7.50. The van der Waals surface area contributed by atoms with Crippen molar-refractivity contribution in [1.29, 1.82) is 0 Å². The molecule has 23 heavy (non-hydrogen) atoms. The van der Waals surface area contributed by atoms with Crippen LogP contribution in [0.15, 0.2) is 12.3 Å². The Balaban J connectivity index is 1.84. The first kappa shape index (κ1) is 17.5. The molecule has 1 aliphatic rings. The van der Waals surface area contributed by atoms with E-state index in [2.05, 4.69) is 4.98 Å². The van der Waals surface area contributed by atoms with Gasteiger partial charge in [0.05, 0.1) is 18.4 Å². The Kier molecular flexibility index (Phi) is 5.46. The summed E-state index contributed by atoms with van der Waals surface area (Å²) < 4.78 is 11.0. The van der Waals surface area contributed by atoms with Crippen molar-refractivity contribution in [3.05, 3.63) is 23.0 Å². The number of aromatic nitrogens is 1. The van der Waals surface area contributed by atoms with E-state index in [-0.39, 0.29) is 17.2 Å². The summed E-state index contributed by atoms with van der Waals surface area (Å²) in [6.07, 6.45) is 2.68. The number of amides is 1. The van der Waals surface area contributed by atoms with Crippen molar-refractivity contribution in [2.24, 2.45) is 5.92 Å². The molecule has 2 rings (SSSR count). The highest BCUT2D eigenvalue weighted by Gasteiger charge is 2.30. The highest BCUT2D eigenvalue weighted by molar-refractivity contribution is 6.31. The third-order valence-corrected chi connectivity index (χ3v) is 3.71. The molecule has 1 aromatic rings. The van der Waals surface area contributed by atoms with Gasteiger partial charge in [-0.2, -0.15) is 0 Å². The van der Waals surface area contributed by atoms with Gasteiger partial charge in [0, 0.05) is 19.0 Å². The van der Waals surface area contributed by atoms with E-state index < -0.39 is 5.60 Å². The Morgan fingerprint density at radius 3 is 2.91 bits per heavy atom. The maximum absolute atomic E-state index is 12.0. The van der Waals surface area contributed by atoms with Crippen molar-refractivity contribution in [1.82, 2.24) is 9.88 Å². The van der Waals surface area contributed by atoms with Gasteiger partial charge in [0.25, 0.3) is 0 Å². The number of rotatable bonds is 4. The zero-order valence-electron chi connectivity index (χ0n) is 13.5. The zero-order valence-corrected chi connectivity index (χ0v) is 14.3. The van der Waals surface area contributed by atoms with E-state index in [1.54, 1.807) is 11.0 Å². The van der Waals surface area contributed by atoms with Crippen LogP contribution >= 0.6 is 11.6 Å². The lowest BCUT2D eigenvalue weighted by atomic mass is 10.1. The summed E-state index contributed by atoms with van der Waals surface area (Å²) in [5, 5.41) is 0.157. The third-order valence-electron chi connectivity index (χ3n) is 3.39. The lowest BCUT2D eigenvalue weighted by Crippen LogP contribution is -2.35. The molecule has 1 aliphatic heterocycles. The lowest BCUT2D eigenvalue weighted by Gasteiger charge is -2.24. The van der Waals surface area contributed by atoms with Gasteiger partial charge in [-0.3, -0.25) is 4.79 Å². The molecule has 1 amide bonds. The number of aldehydes is 1. The maximum Gasteiger partial charge on any atom is 0.410 e. The van der Waals surface area contributed by atoms with Crippen LogP contribution in [0.4, 0.5) is 4.79 Å². The molecule has 0 radical (unpaired) electrons. The molecule has 0 aliphatic carbocycles. The van der Waals surface area contributed by atoms with Crippen LogP contribution in [-0.4, -0.2) is 47.6 Å². The van der Waals surface area contributed by atoms with E-state index in [0.717, 1.165) is 6.42 Å². The third kappa shape index (κ3) is 5.10. The SMILES string of the molecule is CC(C)(C)OC(=O)N1CC[C@H](COc2cnc(Cl)c(C=O)c2)C1. The van der Waals surface area contributed by atoms with Crippen molar-refractivity contribution in [3.8, 4) is 5.75 Å². The number of ether oxygens (including phenoxy) is 2. The second-order valence-electron chi connectivity index (χ2n) is 6.56. The van der Waals surface area contributed by atoms with Crippen LogP contribution in [0.3, 0.4) is 0 Å². The topological polar surface area (TPSA) is 68.7 Å². The number of hydrogen-bond acceptors (Lipinski definition) is 5. The van der Waals surface area contributed by atoms with E-state index in [1.165, 1.54) is 6.20 Å². The number of nitrogens with zero attached hydrogens (tertiary/aromatic N) is 2. The molecule has 0 aromatic carbocycles. The smallest absolute Gasteiger partial charge is 0.410 e. The first-order valence-corrected chi connectivity index (χ1v) is 7.88. The Bertz CT molecular complexity index is 586. The Labute approximate surface area is 140 Å². The molecule has 1 saturated heterocycles. The van der Waals surface area contributed by atoms with E-state index in [1.807, 2.05) is 20.8 Å². The van der Waals surface area contributed by atoms with Crippen molar-refractivity contribution >= 4 is 24.0 Å². The fourth-order valence-electron chi connectivity index (χ4n) is 2.28. The van der Waals surface area contributed by atoms with E-state index in [4.69, 9.17) is 21.1 Å². The molecule has 1 atom stereocenters. The van der Waals surface area contributed by atoms with E-state index in [9.17, 15) is 9.59 Å². The summed E-state index contributed by atoms with van der Waals surface area (Å²) in [7, 11) is 0. The minimum Gasteiger partial charge on any atom is -0.492 e. The molecule has 7 heteroatoms. The van der Waals surface area contributed by atoms with Crippen LogP contribution in [0, 0.1) is 5.92 Å². The number of carbonyl (C=O) groups excluding carboxylic acids is 2. The Morgan fingerprint density at radius 1 is 1.52 bits per heavy atom. The molecule has 2 heterocycles. The van der Waals surface area contributed by atoms with Gasteiger partial charge in [-0.25, -0.2) is 9.78 Å². The Hall–Kier alpha value is -1.82. The molecule has 1 aromatic heterocycles. The van der Waals surface area contributed by atoms with Gasteiger partial charge in [-0.15, -0.1) is 0 Å². The second-order valence-corrected chi connectivity index (χ2v) is 6.92. The number of carbonyl (C=O) groups is 2. The van der Waals surface area contributed by atoms with Gasteiger partial charge >= 0.3 is 6.09 Å². The van der Waals surface area contributed by atoms with E-state index >= 15 is 0 Å². The summed E-state index contributed by atoms with van der Waals surface area (Å²) in [4.78, 5) is 28.4. The number of hydrogen-bond donors (Lipinski definition) is 0. The fraction of sp³-hybridized carbons (Fsp3) is 0.562. The molecule has 0 unspecified atom stereocenters. The summed E-state index contributed by atoms with van der Waals surface area (Å²) in [5.41, 5.74) is -0.197. The van der Waals surface area contributed by atoms with Crippen molar-refractivity contribution < 1.29 is 19.1 Å². The van der Waals surface area contributed by atoms with Crippen LogP contribution in [0.2, 0.25) is 5.15 Å². The van der Waals surface area contributed by atoms with Crippen LogP contribution in [0.5, 0.6) is 5.75 Å². The molecular formula is C16H21ClN2O4. The zero-order chi connectivity index (χ0) is 17.0. The predicted molar refractivity (Wildman–Crippen MR) is 86.0 cm³/mol. The van der Waals surface area contributed by atoms with Crippen LogP contribution in [-0.2, 0) is 4.74 Å². The summed E-state index contributed by atoms with van der Waals surface area (Å²) in [5.74, 6) is 0.713. The molecule has 0 bridgehead atoms. The van der Waals surface area contributed by atoms with Gasteiger partial charge in [-0.1, -0.05) is 11.6 Å². The summed E-state index contributed by atoms with van der Waals surface area (Å²) in [6, 6.07) is 1.56. The van der Waals surface area contributed by atoms with Crippen molar-refractivity contribution in [3.63, 3.8) is 0 Å². The number of pyridine rings is 1. The van der Waals surface area contributed by atoms with E-state index in [0.29, 0.717) is 37.3 Å². The molecule has 0 spiro atoms. The summed E-state index contributed by atoms with van der Waals surface area (Å²) >= 11 is 5.77. The average Bonchev–Trinajstić information content (AvgIpc) is 2.93. The molecular weight excluding hydrogens is 320 g/mol. The average molecular weight is 341 g/mol. The number of likely N-dealkylation sites (tertiary alicyclic amines) is 1. The fourth-order valence-corrected chi connectivity index (χ4v) is 2.43. The standard InChI is InChI=1S/C16H21ClN2O4/c1-16(2,3)23-15(21)19-5-4-11(8-19)10-22-13-6-12(9-20)14(17)18-7-13/h6-7,9,11H,4-5,8,10H2,1-3H3/t11-/m0/s1. The lowest BCUT2D eigenvalue weighted by molar-refractivity contribution is 0.0284. The molecule has 126 valence electrons. The molecule has 1 fully saturated rings. The van der Waals surface area contributed by atoms with Gasteiger partial charge in [0.1, 0.15) is 16.5 Å². The highest BCUT2D eigenvalue weighted by Crippen LogP contribution is 2.22. The van der Waals surface area contributed by atoms with Crippen LogP contribution in [0.25, 0.3) is 0 Å². The molecule has 6 nitrogen and oxygen atoms in total. The highest BCUT2D eigenvalue weighted by atomic mass is 35.5. The Morgan fingerprint density at radius 2 is 2.26 bits per heavy atom. The van der Waals surface area contributed by atoms with Crippen molar-refractivity contribution in [2.75, 3.05) is 19.7 Å². The quantitative estimate of drug-likeness (QED) is 0.622. The maximum atomic E-state index is 12.0. The largest absolute Gasteiger partial charge is 0.492 e. The minimum absolute atomic E-state index is 0.157. The number of halogens is 1. The van der Waals surface area contributed by atoms with Crippen LogP contribution in [0.1, 0.15) is 37.6 Å². The minimum atomic E-state index is -0.494. The van der Waals surface area contributed by atoms with Crippen LogP contribution < -0.4 is 4.74 Å². The van der Waals surface area contributed by atoms with Gasteiger partial charge in [-0.05, 0) is 33.3 Å². The van der Waals surface area contributed by atoms with Gasteiger partial charge < -0.3 is 14.4 Å². The summed E-state index contributed by atoms with van der Waals surface area (Å²) in [6.45, 7) is 7.23. The predicted octanol–water partition coefficient (Wildman–Crippen LogP) is 3.18. The van der Waals surface area contributed by atoms with Gasteiger partial charge in [0.15, 0.2) is 6.29 Å². The second kappa shape index (κ2) is 7.17. The van der Waals surface area contributed by atoms with Crippen molar-refractivity contribution in [2.45, 2.75) is 32.8 Å². The molecule has 0 N–H and O–H groups in total. The first-order chi connectivity index (χ1) is 10.8.